The number of benzene rings is 1. The summed E-state index contributed by atoms with van der Waals surface area (Å²) in [6.07, 6.45) is 1.40. The molecule has 5 nitrogen and oxygen atoms in total. The van der Waals surface area contributed by atoms with Crippen molar-refractivity contribution >= 4 is 11.8 Å². The van der Waals surface area contributed by atoms with Crippen LogP contribution in [0.15, 0.2) is 23.2 Å². The molecule has 0 amide bonds. The first-order valence-electron chi connectivity index (χ1n) is 4.38. The minimum absolute atomic E-state index is 0.0212. The first kappa shape index (κ1) is 11.1. The fourth-order valence-corrected chi connectivity index (χ4v) is 1.32. The van der Waals surface area contributed by atoms with Crippen molar-refractivity contribution in [2.75, 3.05) is 0 Å². The van der Waals surface area contributed by atoms with E-state index in [1.807, 2.05) is 6.92 Å². The Labute approximate surface area is 86.6 Å². The molecular weight excluding hydrogens is 196 g/mol. The molecule has 1 atom stereocenters. The lowest BCUT2D eigenvalue weighted by Crippen LogP contribution is -1.98. The molecule has 1 rings (SSSR count). The van der Waals surface area contributed by atoms with Gasteiger partial charge in [0.15, 0.2) is 0 Å². The highest BCUT2D eigenvalue weighted by Crippen LogP contribution is 2.27. The topological polar surface area (TPSA) is 72.6 Å². The van der Waals surface area contributed by atoms with Gasteiger partial charge in [-0.25, -0.2) is 4.79 Å². The summed E-state index contributed by atoms with van der Waals surface area (Å²) in [5, 5.41) is 10.7. The monoisotopic (exact) mass is 206 g/mol. The molecule has 0 aliphatic rings. The molecule has 0 spiro atoms. The van der Waals surface area contributed by atoms with Crippen LogP contribution in [0.2, 0.25) is 0 Å². The second kappa shape index (κ2) is 4.48. The number of nitro groups is 1. The molecule has 0 bridgehead atoms. The summed E-state index contributed by atoms with van der Waals surface area (Å²) in [7, 11) is 0. The van der Waals surface area contributed by atoms with Gasteiger partial charge in [-0.05, 0) is 19.9 Å². The number of hydrogen-bond donors (Lipinski definition) is 0. The molecule has 5 heteroatoms. The van der Waals surface area contributed by atoms with Crippen LogP contribution in [0.1, 0.15) is 24.1 Å². The van der Waals surface area contributed by atoms with Gasteiger partial charge in [0.25, 0.3) is 5.69 Å². The average Bonchev–Trinajstić information content (AvgIpc) is 2.17. The third kappa shape index (κ3) is 2.48. The second-order valence-corrected chi connectivity index (χ2v) is 3.22. The molecule has 0 fully saturated rings. The summed E-state index contributed by atoms with van der Waals surface area (Å²) in [6, 6.07) is 4.19. The highest BCUT2D eigenvalue weighted by Gasteiger charge is 2.18. The summed E-state index contributed by atoms with van der Waals surface area (Å²) < 4.78 is 0. The van der Waals surface area contributed by atoms with Crippen molar-refractivity contribution in [2.24, 2.45) is 4.99 Å². The molecule has 0 aliphatic carbocycles. The van der Waals surface area contributed by atoms with Gasteiger partial charge in [-0.2, -0.15) is 4.99 Å². The molecular formula is C10H10N2O3. The zero-order valence-electron chi connectivity index (χ0n) is 8.43. The smallest absolute Gasteiger partial charge is 0.258 e. The Morgan fingerprint density at radius 1 is 1.53 bits per heavy atom. The van der Waals surface area contributed by atoms with Crippen molar-refractivity contribution in [1.82, 2.24) is 0 Å². The number of nitro benzene ring substituents is 1. The van der Waals surface area contributed by atoms with Crippen LogP contribution in [0.5, 0.6) is 0 Å². The minimum Gasteiger partial charge on any atom is -0.258 e. The van der Waals surface area contributed by atoms with Crippen molar-refractivity contribution in [2.45, 2.75) is 19.9 Å². The fourth-order valence-electron chi connectivity index (χ4n) is 1.32. The third-order valence-electron chi connectivity index (χ3n) is 2.08. The van der Waals surface area contributed by atoms with Crippen molar-refractivity contribution in [3.8, 4) is 0 Å². The summed E-state index contributed by atoms with van der Waals surface area (Å²) in [6.45, 7) is 3.44. The number of nitrogens with zero attached hydrogens (tertiary/aromatic N) is 2. The van der Waals surface area contributed by atoms with E-state index >= 15 is 0 Å². The Morgan fingerprint density at radius 2 is 2.20 bits per heavy atom. The van der Waals surface area contributed by atoms with Gasteiger partial charge in [0.2, 0.25) is 6.08 Å². The minimum atomic E-state index is -0.539. The van der Waals surface area contributed by atoms with Crippen LogP contribution in [0.25, 0.3) is 0 Å². The normalized spacial score (nSPS) is 11.6. The molecule has 15 heavy (non-hydrogen) atoms. The Bertz CT molecular complexity index is 436. The van der Waals surface area contributed by atoms with Crippen LogP contribution in [0.4, 0.5) is 5.69 Å². The summed E-state index contributed by atoms with van der Waals surface area (Å²) >= 11 is 0. The van der Waals surface area contributed by atoms with Crippen LogP contribution >= 0.6 is 0 Å². The largest absolute Gasteiger partial charge is 0.274 e. The Balaban J connectivity index is 3.29. The van der Waals surface area contributed by atoms with Crippen LogP contribution < -0.4 is 0 Å². The third-order valence-corrected chi connectivity index (χ3v) is 2.08. The van der Waals surface area contributed by atoms with Crippen molar-refractivity contribution < 1.29 is 9.72 Å². The number of isocyanates is 1. The molecule has 0 saturated heterocycles. The lowest BCUT2D eigenvalue weighted by Gasteiger charge is -2.06. The van der Waals surface area contributed by atoms with E-state index in [4.69, 9.17) is 0 Å². The lowest BCUT2D eigenvalue weighted by molar-refractivity contribution is -0.385. The van der Waals surface area contributed by atoms with Gasteiger partial charge in [0.05, 0.1) is 16.5 Å². The van der Waals surface area contributed by atoms with Crippen LogP contribution in [0, 0.1) is 17.0 Å². The Morgan fingerprint density at radius 3 is 2.73 bits per heavy atom. The van der Waals surface area contributed by atoms with E-state index in [2.05, 4.69) is 4.99 Å². The van der Waals surface area contributed by atoms with E-state index in [1.165, 1.54) is 12.1 Å². The van der Waals surface area contributed by atoms with Crippen LogP contribution in [0.3, 0.4) is 0 Å². The number of aliphatic imine (C=N–C) groups is 1. The number of aryl methyl sites for hydroxylation is 1. The first-order valence-corrected chi connectivity index (χ1v) is 4.38. The van der Waals surface area contributed by atoms with Gasteiger partial charge >= 0.3 is 0 Å². The lowest BCUT2D eigenvalue weighted by atomic mass is 10.0. The molecule has 0 aliphatic heterocycles. The first-order chi connectivity index (χ1) is 7.06. The Hall–Kier alpha value is -2.00. The van der Waals surface area contributed by atoms with Gasteiger partial charge in [0.1, 0.15) is 0 Å². The number of hydrogen-bond acceptors (Lipinski definition) is 4. The standard InChI is InChI=1S/C10H10N2O3/c1-7-3-4-10(12(14)15)9(5-7)8(2)11-6-13/h3-5,8H,1-2H3. The van der Waals surface area contributed by atoms with E-state index in [0.29, 0.717) is 5.56 Å². The Kier molecular flexibility index (Phi) is 3.31. The number of carbonyl (C=O) groups excluding carboxylic acids is 1. The van der Waals surface area contributed by atoms with E-state index in [1.54, 1.807) is 19.1 Å². The average molecular weight is 206 g/mol. The highest BCUT2D eigenvalue weighted by atomic mass is 16.6. The predicted molar refractivity (Wildman–Crippen MR) is 54.4 cm³/mol. The maximum absolute atomic E-state index is 10.7. The second-order valence-electron chi connectivity index (χ2n) is 3.22. The van der Waals surface area contributed by atoms with E-state index in [9.17, 15) is 14.9 Å². The molecule has 0 aromatic heterocycles. The summed E-state index contributed by atoms with van der Waals surface area (Å²) in [4.78, 5) is 23.8. The molecule has 0 heterocycles. The quantitative estimate of drug-likeness (QED) is 0.329. The summed E-state index contributed by atoms with van der Waals surface area (Å²) in [5.41, 5.74) is 1.30. The van der Waals surface area contributed by atoms with E-state index in [-0.39, 0.29) is 5.69 Å². The fraction of sp³-hybridized carbons (Fsp3) is 0.300. The molecule has 1 unspecified atom stereocenters. The van der Waals surface area contributed by atoms with Crippen molar-refractivity contribution in [3.05, 3.63) is 39.4 Å². The SMILES string of the molecule is Cc1ccc([N+](=O)[O-])c(C(C)N=C=O)c1. The maximum atomic E-state index is 10.7. The highest BCUT2D eigenvalue weighted by molar-refractivity contribution is 5.46. The molecule has 1 aromatic carbocycles. The van der Waals surface area contributed by atoms with Crippen molar-refractivity contribution in [3.63, 3.8) is 0 Å². The number of rotatable bonds is 3. The van der Waals surface area contributed by atoms with Crippen LogP contribution in [-0.2, 0) is 4.79 Å². The van der Waals surface area contributed by atoms with E-state index < -0.39 is 11.0 Å². The van der Waals surface area contributed by atoms with Gasteiger partial charge in [-0.3, -0.25) is 10.1 Å². The van der Waals surface area contributed by atoms with Gasteiger partial charge in [-0.15, -0.1) is 0 Å². The maximum Gasteiger partial charge on any atom is 0.274 e. The van der Waals surface area contributed by atoms with Crippen molar-refractivity contribution in [1.29, 1.82) is 0 Å². The van der Waals surface area contributed by atoms with E-state index in [0.717, 1.165) is 5.56 Å². The zero-order chi connectivity index (χ0) is 11.4. The molecule has 0 N–H and O–H groups in total. The summed E-state index contributed by atoms with van der Waals surface area (Å²) in [5.74, 6) is 0. The van der Waals surface area contributed by atoms with Gasteiger partial charge in [0, 0.05) is 6.07 Å². The molecule has 78 valence electrons. The molecule has 0 saturated carbocycles. The molecule has 1 aromatic rings. The van der Waals surface area contributed by atoms with Gasteiger partial charge < -0.3 is 0 Å². The molecule has 0 radical (unpaired) electrons. The van der Waals surface area contributed by atoms with Gasteiger partial charge in [-0.1, -0.05) is 11.6 Å². The predicted octanol–water partition coefficient (Wildman–Crippen LogP) is 2.30. The zero-order valence-corrected chi connectivity index (χ0v) is 8.43. The van der Waals surface area contributed by atoms with Crippen LogP contribution in [-0.4, -0.2) is 11.0 Å².